The minimum absolute atomic E-state index is 0.0109. The second-order valence-electron chi connectivity index (χ2n) is 5.37. The van der Waals surface area contributed by atoms with Crippen LogP contribution in [0.15, 0.2) is 30.3 Å². The Balaban J connectivity index is 1.88. The first-order valence-electron chi connectivity index (χ1n) is 7.32. The molecule has 1 aromatic carbocycles. The highest BCUT2D eigenvalue weighted by molar-refractivity contribution is 5.68. The second-order valence-corrected chi connectivity index (χ2v) is 5.37. The van der Waals surface area contributed by atoms with Gasteiger partial charge in [-0.25, -0.2) is 4.79 Å². The van der Waals surface area contributed by atoms with Crippen LogP contribution in [0.25, 0.3) is 0 Å². The predicted molar refractivity (Wildman–Crippen MR) is 77.2 cm³/mol. The van der Waals surface area contributed by atoms with Gasteiger partial charge in [0.05, 0.1) is 12.6 Å². The van der Waals surface area contributed by atoms with Crippen molar-refractivity contribution < 1.29 is 14.6 Å². The molecule has 1 aliphatic heterocycles. The number of benzene rings is 1. The Hall–Kier alpha value is -1.55. The molecule has 0 spiro atoms. The normalized spacial score (nSPS) is 22.6. The van der Waals surface area contributed by atoms with Gasteiger partial charge in [-0.1, -0.05) is 43.7 Å². The Labute approximate surface area is 120 Å². The van der Waals surface area contributed by atoms with E-state index in [1.54, 1.807) is 4.90 Å². The van der Waals surface area contributed by atoms with Gasteiger partial charge in [-0.2, -0.15) is 0 Å². The number of piperidine rings is 1. The van der Waals surface area contributed by atoms with Gasteiger partial charge in [-0.05, 0) is 24.3 Å². The molecule has 1 aromatic rings. The third-order valence-electron chi connectivity index (χ3n) is 4.05. The topological polar surface area (TPSA) is 49.8 Å². The average molecular weight is 277 g/mol. The third-order valence-corrected chi connectivity index (χ3v) is 4.05. The Bertz CT molecular complexity index is 421. The van der Waals surface area contributed by atoms with E-state index >= 15 is 0 Å². The number of rotatable bonds is 4. The predicted octanol–water partition coefficient (Wildman–Crippen LogP) is 2.81. The molecule has 0 aromatic heterocycles. The van der Waals surface area contributed by atoms with Crippen molar-refractivity contribution in [1.29, 1.82) is 0 Å². The number of nitrogens with zero attached hydrogens (tertiary/aromatic N) is 1. The van der Waals surface area contributed by atoms with Crippen molar-refractivity contribution in [2.45, 2.75) is 38.8 Å². The first-order chi connectivity index (χ1) is 9.74. The molecule has 0 unspecified atom stereocenters. The van der Waals surface area contributed by atoms with Crippen LogP contribution < -0.4 is 0 Å². The molecule has 0 bridgehead atoms. The van der Waals surface area contributed by atoms with Crippen LogP contribution in [-0.4, -0.2) is 35.3 Å². The monoisotopic (exact) mass is 277 g/mol. The molecular formula is C16H23NO3. The molecule has 0 radical (unpaired) electrons. The molecule has 0 saturated carbocycles. The van der Waals surface area contributed by atoms with E-state index in [4.69, 9.17) is 4.74 Å². The summed E-state index contributed by atoms with van der Waals surface area (Å²) in [6.07, 6.45) is 2.65. The number of aliphatic hydroxyl groups is 1. The van der Waals surface area contributed by atoms with Gasteiger partial charge in [0.2, 0.25) is 0 Å². The standard InChI is InChI=1S/C16H23NO3/c1-2-13-8-9-17(15(10-13)11-18)16(19)20-12-14-6-4-3-5-7-14/h3-7,13,15,18H,2,8-12H2,1H3/t13-,15+/m1/s1. The second kappa shape index (κ2) is 7.29. The molecule has 4 heteroatoms. The molecule has 1 amide bonds. The van der Waals surface area contributed by atoms with Gasteiger partial charge in [0, 0.05) is 6.54 Å². The fraction of sp³-hybridized carbons (Fsp3) is 0.562. The zero-order valence-electron chi connectivity index (χ0n) is 12.0. The fourth-order valence-electron chi connectivity index (χ4n) is 2.72. The van der Waals surface area contributed by atoms with Crippen LogP contribution in [0.5, 0.6) is 0 Å². The van der Waals surface area contributed by atoms with Crippen molar-refractivity contribution in [3.63, 3.8) is 0 Å². The molecule has 2 atom stereocenters. The lowest BCUT2D eigenvalue weighted by atomic mass is 9.89. The van der Waals surface area contributed by atoms with Crippen molar-refractivity contribution in [3.05, 3.63) is 35.9 Å². The van der Waals surface area contributed by atoms with Crippen LogP contribution >= 0.6 is 0 Å². The lowest BCUT2D eigenvalue weighted by Gasteiger charge is -2.37. The van der Waals surface area contributed by atoms with Crippen LogP contribution in [0.2, 0.25) is 0 Å². The Kier molecular flexibility index (Phi) is 5.41. The SMILES string of the molecule is CC[C@@H]1CCN(C(=O)OCc2ccccc2)[C@H](CO)C1. The molecule has 1 saturated heterocycles. The van der Waals surface area contributed by atoms with Crippen LogP contribution in [0.3, 0.4) is 0 Å². The van der Waals surface area contributed by atoms with Crippen LogP contribution in [0.4, 0.5) is 4.79 Å². The van der Waals surface area contributed by atoms with Gasteiger partial charge in [-0.15, -0.1) is 0 Å². The van der Waals surface area contributed by atoms with Crippen molar-refractivity contribution in [3.8, 4) is 0 Å². The summed E-state index contributed by atoms with van der Waals surface area (Å²) in [5.74, 6) is 0.602. The number of hydrogen-bond donors (Lipinski definition) is 1. The summed E-state index contributed by atoms with van der Waals surface area (Å²) in [5.41, 5.74) is 0.977. The summed E-state index contributed by atoms with van der Waals surface area (Å²) < 4.78 is 5.34. The largest absolute Gasteiger partial charge is 0.445 e. The van der Waals surface area contributed by atoms with Crippen molar-refractivity contribution in [2.24, 2.45) is 5.92 Å². The summed E-state index contributed by atoms with van der Waals surface area (Å²) in [4.78, 5) is 13.8. The summed E-state index contributed by atoms with van der Waals surface area (Å²) in [6, 6.07) is 9.54. The number of carbonyl (C=O) groups is 1. The minimum Gasteiger partial charge on any atom is -0.445 e. The minimum atomic E-state index is -0.317. The molecule has 2 rings (SSSR count). The molecule has 4 nitrogen and oxygen atoms in total. The highest BCUT2D eigenvalue weighted by Crippen LogP contribution is 2.25. The van der Waals surface area contributed by atoms with E-state index < -0.39 is 0 Å². The lowest BCUT2D eigenvalue weighted by molar-refractivity contribution is 0.0368. The highest BCUT2D eigenvalue weighted by atomic mass is 16.6. The van der Waals surface area contributed by atoms with E-state index in [1.807, 2.05) is 30.3 Å². The quantitative estimate of drug-likeness (QED) is 0.920. The number of ether oxygens (including phenoxy) is 1. The summed E-state index contributed by atoms with van der Waals surface area (Å²) in [6.45, 7) is 3.13. The number of hydrogen-bond acceptors (Lipinski definition) is 3. The Morgan fingerprint density at radius 1 is 1.40 bits per heavy atom. The van der Waals surface area contributed by atoms with Gasteiger partial charge >= 0.3 is 6.09 Å². The van der Waals surface area contributed by atoms with E-state index in [2.05, 4.69) is 6.92 Å². The third kappa shape index (κ3) is 3.73. The van der Waals surface area contributed by atoms with E-state index in [-0.39, 0.29) is 25.3 Å². The fourth-order valence-corrected chi connectivity index (χ4v) is 2.72. The molecule has 1 N–H and O–H groups in total. The number of likely N-dealkylation sites (tertiary alicyclic amines) is 1. The maximum atomic E-state index is 12.1. The van der Waals surface area contributed by atoms with Crippen LogP contribution in [0, 0.1) is 5.92 Å². The molecule has 1 heterocycles. The number of amides is 1. The summed E-state index contributed by atoms with van der Waals surface area (Å²) in [7, 11) is 0. The van der Waals surface area contributed by atoms with E-state index in [0.717, 1.165) is 24.8 Å². The lowest BCUT2D eigenvalue weighted by Crippen LogP contribution is -2.48. The molecule has 110 valence electrons. The van der Waals surface area contributed by atoms with Gasteiger partial charge in [0.1, 0.15) is 6.61 Å². The molecular weight excluding hydrogens is 254 g/mol. The number of carbonyl (C=O) groups excluding carboxylic acids is 1. The molecule has 1 aliphatic rings. The summed E-state index contributed by atoms with van der Waals surface area (Å²) >= 11 is 0. The van der Waals surface area contributed by atoms with Crippen LogP contribution in [-0.2, 0) is 11.3 Å². The van der Waals surface area contributed by atoms with Crippen molar-refractivity contribution >= 4 is 6.09 Å². The van der Waals surface area contributed by atoms with E-state index in [1.165, 1.54) is 0 Å². The van der Waals surface area contributed by atoms with E-state index in [9.17, 15) is 9.90 Å². The van der Waals surface area contributed by atoms with Crippen LogP contribution in [0.1, 0.15) is 31.7 Å². The molecule has 1 fully saturated rings. The maximum Gasteiger partial charge on any atom is 0.410 e. The Morgan fingerprint density at radius 2 is 2.15 bits per heavy atom. The maximum absolute atomic E-state index is 12.1. The first kappa shape index (κ1) is 14.9. The number of aliphatic hydroxyl groups excluding tert-OH is 1. The van der Waals surface area contributed by atoms with Gasteiger partial charge < -0.3 is 14.7 Å². The smallest absolute Gasteiger partial charge is 0.410 e. The zero-order chi connectivity index (χ0) is 14.4. The van der Waals surface area contributed by atoms with Crippen molar-refractivity contribution in [2.75, 3.05) is 13.2 Å². The zero-order valence-corrected chi connectivity index (χ0v) is 12.0. The Morgan fingerprint density at radius 3 is 2.80 bits per heavy atom. The highest BCUT2D eigenvalue weighted by Gasteiger charge is 2.31. The molecule has 20 heavy (non-hydrogen) atoms. The van der Waals surface area contributed by atoms with Gasteiger partial charge in [0.25, 0.3) is 0 Å². The molecule has 0 aliphatic carbocycles. The summed E-state index contributed by atoms with van der Waals surface area (Å²) in [5, 5.41) is 9.46. The average Bonchev–Trinajstić information content (AvgIpc) is 2.52. The van der Waals surface area contributed by atoms with Gasteiger partial charge in [-0.3, -0.25) is 0 Å². The first-order valence-corrected chi connectivity index (χ1v) is 7.32. The van der Waals surface area contributed by atoms with Gasteiger partial charge in [0.15, 0.2) is 0 Å². The van der Waals surface area contributed by atoms with E-state index in [0.29, 0.717) is 12.5 Å². The van der Waals surface area contributed by atoms with Crippen molar-refractivity contribution in [1.82, 2.24) is 4.90 Å².